The predicted molar refractivity (Wildman–Crippen MR) is 83.3 cm³/mol. The summed E-state index contributed by atoms with van der Waals surface area (Å²) in [5.74, 6) is 0.841. The van der Waals surface area contributed by atoms with Gasteiger partial charge < -0.3 is 15.6 Å². The summed E-state index contributed by atoms with van der Waals surface area (Å²) < 4.78 is 5.64. The highest BCUT2D eigenvalue weighted by atomic mass is 35.5. The molecule has 0 saturated carbocycles. The Morgan fingerprint density at radius 3 is 2.45 bits per heavy atom. The van der Waals surface area contributed by atoms with E-state index >= 15 is 0 Å². The molecule has 0 unspecified atom stereocenters. The Balaban J connectivity index is 0.00000200. The van der Waals surface area contributed by atoms with E-state index in [2.05, 4.69) is 0 Å². The van der Waals surface area contributed by atoms with E-state index in [1.807, 2.05) is 49.4 Å². The van der Waals surface area contributed by atoms with Crippen LogP contribution < -0.4 is 10.5 Å². The van der Waals surface area contributed by atoms with E-state index in [0.29, 0.717) is 12.4 Å². The van der Waals surface area contributed by atoms with Crippen molar-refractivity contribution in [3.8, 4) is 11.5 Å². The summed E-state index contributed by atoms with van der Waals surface area (Å²) in [5, 5.41) is 9.93. The third-order valence-corrected chi connectivity index (χ3v) is 3.09. The van der Waals surface area contributed by atoms with Crippen LogP contribution in [0.4, 0.5) is 0 Å². The fourth-order valence-electron chi connectivity index (χ4n) is 1.89. The van der Waals surface area contributed by atoms with E-state index in [1.54, 1.807) is 6.07 Å². The Hall–Kier alpha value is -1.71. The summed E-state index contributed by atoms with van der Waals surface area (Å²) in [6.07, 6.45) is 0.789. The Labute approximate surface area is 125 Å². The molecule has 0 radical (unpaired) electrons. The molecule has 2 aromatic rings. The van der Waals surface area contributed by atoms with Crippen molar-refractivity contribution in [1.29, 1.82) is 0 Å². The molecular formula is C16H20ClNO2. The molecule has 3 N–H and O–H groups in total. The van der Waals surface area contributed by atoms with Crippen molar-refractivity contribution < 1.29 is 9.84 Å². The maximum absolute atomic E-state index is 9.93. The van der Waals surface area contributed by atoms with Crippen LogP contribution in [-0.2, 0) is 6.61 Å². The number of aromatic hydroxyl groups is 1. The Morgan fingerprint density at radius 1 is 1.15 bits per heavy atom. The lowest BCUT2D eigenvalue weighted by Crippen LogP contribution is -2.08. The lowest BCUT2D eigenvalue weighted by molar-refractivity contribution is 0.304. The second-order valence-corrected chi connectivity index (χ2v) is 4.51. The minimum atomic E-state index is -0.136. The molecule has 0 bridgehead atoms. The van der Waals surface area contributed by atoms with E-state index in [-0.39, 0.29) is 24.2 Å². The van der Waals surface area contributed by atoms with Crippen LogP contribution >= 0.6 is 12.4 Å². The minimum Gasteiger partial charge on any atom is -0.507 e. The molecule has 1 atom stereocenters. The topological polar surface area (TPSA) is 55.5 Å². The molecule has 0 aliphatic heterocycles. The van der Waals surface area contributed by atoms with Crippen LogP contribution in [0.3, 0.4) is 0 Å². The molecule has 0 aromatic heterocycles. The molecule has 0 aliphatic rings. The molecule has 0 amide bonds. The van der Waals surface area contributed by atoms with Crippen LogP contribution in [-0.4, -0.2) is 5.11 Å². The van der Waals surface area contributed by atoms with Crippen molar-refractivity contribution in [3.63, 3.8) is 0 Å². The highest BCUT2D eigenvalue weighted by Gasteiger charge is 2.09. The number of nitrogens with two attached hydrogens (primary N) is 1. The van der Waals surface area contributed by atoms with Gasteiger partial charge in [-0.25, -0.2) is 0 Å². The molecule has 0 fully saturated rings. The average molecular weight is 294 g/mol. The molecule has 4 heteroatoms. The number of halogens is 1. The SMILES string of the molecule is CC[C@@H](N)c1ccc(OCc2ccccc2)cc1O.Cl. The van der Waals surface area contributed by atoms with Crippen molar-refractivity contribution >= 4 is 12.4 Å². The summed E-state index contributed by atoms with van der Waals surface area (Å²) in [5.41, 5.74) is 7.76. The molecule has 20 heavy (non-hydrogen) atoms. The Morgan fingerprint density at radius 2 is 1.85 bits per heavy atom. The van der Waals surface area contributed by atoms with Crippen molar-refractivity contribution in [1.82, 2.24) is 0 Å². The van der Waals surface area contributed by atoms with Gasteiger partial charge in [0.05, 0.1) is 0 Å². The molecule has 0 aliphatic carbocycles. The number of hydrogen-bond donors (Lipinski definition) is 2. The number of ether oxygens (including phenoxy) is 1. The van der Waals surface area contributed by atoms with Gasteiger partial charge in [-0.05, 0) is 18.1 Å². The van der Waals surface area contributed by atoms with E-state index in [0.717, 1.165) is 17.5 Å². The second kappa shape index (κ2) is 7.78. The number of phenols is 1. The highest BCUT2D eigenvalue weighted by Crippen LogP contribution is 2.29. The lowest BCUT2D eigenvalue weighted by atomic mass is 10.0. The van der Waals surface area contributed by atoms with Gasteiger partial charge >= 0.3 is 0 Å². The first-order valence-corrected chi connectivity index (χ1v) is 6.46. The molecule has 2 rings (SSSR count). The lowest BCUT2D eigenvalue weighted by Gasteiger charge is -2.13. The largest absolute Gasteiger partial charge is 0.507 e. The van der Waals surface area contributed by atoms with Crippen molar-refractivity contribution in [3.05, 3.63) is 59.7 Å². The molecule has 2 aromatic carbocycles. The summed E-state index contributed by atoms with van der Waals surface area (Å²) in [6.45, 7) is 2.48. The fraction of sp³-hybridized carbons (Fsp3) is 0.250. The molecular weight excluding hydrogens is 274 g/mol. The van der Waals surface area contributed by atoms with Crippen molar-refractivity contribution in [2.24, 2.45) is 5.73 Å². The van der Waals surface area contributed by atoms with Crippen LogP contribution in [0.2, 0.25) is 0 Å². The van der Waals surface area contributed by atoms with Gasteiger partial charge in [-0.15, -0.1) is 12.4 Å². The van der Waals surface area contributed by atoms with Gasteiger partial charge in [0.25, 0.3) is 0 Å². The second-order valence-electron chi connectivity index (χ2n) is 4.51. The van der Waals surface area contributed by atoms with Gasteiger partial charge in [-0.2, -0.15) is 0 Å². The van der Waals surface area contributed by atoms with Crippen LogP contribution in [0, 0.1) is 0 Å². The predicted octanol–water partition coefficient (Wildman–Crippen LogP) is 3.80. The van der Waals surface area contributed by atoms with Crippen molar-refractivity contribution in [2.75, 3.05) is 0 Å². The number of benzene rings is 2. The molecule has 0 saturated heterocycles. The quantitative estimate of drug-likeness (QED) is 0.881. The third kappa shape index (κ3) is 4.15. The van der Waals surface area contributed by atoms with Gasteiger partial charge in [0.1, 0.15) is 18.1 Å². The van der Waals surface area contributed by atoms with Gasteiger partial charge in [-0.3, -0.25) is 0 Å². The van der Waals surface area contributed by atoms with Crippen LogP contribution in [0.1, 0.15) is 30.5 Å². The Kier molecular flexibility index (Phi) is 6.36. The summed E-state index contributed by atoms with van der Waals surface area (Å²) in [7, 11) is 0. The summed E-state index contributed by atoms with van der Waals surface area (Å²) in [6, 6.07) is 15.1. The van der Waals surface area contributed by atoms with Gasteiger partial charge in [0.15, 0.2) is 0 Å². The first-order chi connectivity index (χ1) is 9.20. The van der Waals surface area contributed by atoms with E-state index in [1.165, 1.54) is 0 Å². The molecule has 0 spiro atoms. The first kappa shape index (κ1) is 16.3. The maximum Gasteiger partial charge on any atom is 0.124 e. The van der Waals surface area contributed by atoms with Gasteiger partial charge in [0, 0.05) is 17.7 Å². The van der Waals surface area contributed by atoms with Gasteiger partial charge in [0.2, 0.25) is 0 Å². The van der Waals surface area contributed by atoms with Crippen LogP contribution in [0.5, 0.6) is 11.5 Å². The first-order valence-electron chi connectivity index (χ1n) is 6.46. The third-order valence-electron chi connectivity index (χ3n) is 3.09. The zero-order valence-electron chi connectivity index (χ0n) is 11.5. The standard InChI is InChI=1S/C16H19NO2.ClH/c1-2-15(17)14-9-8-13(10-16(14)18)19-11-12-6-4-3-5-7-12;/h3-10,15,18H,2,11,17H2,1H3;1H/t15-;/m1./s1. The van der Waals surface area contributed by atoms with E-state index < -0.39 is 0 Å². The number of phenolic OH excluding ortho intramolecular Hbond substituents is 1. The van der Waals surface area contributed by atoms with Crippen molar-refractivity contribution in [2.45, 2.75) is 26.0 Å². The molecule has 108 valence electrons. The number of rotatable bonds is 5. The Bertz CT molecular complexity index is 531. The smallest absolute Gasteiger partial charge is 0.124 e. The average Bonchev–Trinajstić information content (AvgIpc) is 2.45. The van der Waals surface area contributed by atoms with Gasteiger partial charge in [-0.1, -0.05) is 43.3 Å². The van der Waals surface area contributed by atoms with Crippen LogP contribution in [0.25, 0.3) is 0 Å². The fourth-order valence-corrected chi connectivity index (χ4v) is 1.89. The zero-order valence-corrected chi connectivity index (χ0v) is 12.3. The monoisotopic (exact) mass is 293 g/mol. The molecule has 0 heterocycles. The summed E-state index contributed by atoms with van der Waals surface area (Å²) >= 11 is 0. The number of hydrogen-bond acceptors (Lipinski definition) is 3. The summed E-state index contributed by atoms with van der Waals surface area (Å²) in [4.78, 5) is 0. The zero-order chi connectivity index (χ0) is 13.7. The highest BCUT2D eigenvalue weighted by molar-refractivity contribution is 5.85. The maximum atomic E-state index is 9.93. The molecule has 3 nitrogen and oxygen atoms in total. The van der Waals surface area contributed by atoms with E-state index in [9.17, 15) is 5.11 Å². The van der Waals surface area contributed by atoms with Crippen LogP contribution in [0.15, 0.2) is 48.5 Å². The van der Waals surface area contributed by atoms with E-state index in [4.69, 9.17) is 10.5 Å². The minimum absolute atomic E-state index is 0. The normalized spacial score (nSPS) is 11.5.